The SMILES string of the molecule is CCOC(=O)c1cncc(-c2ccc(NC(=O)OC(C)(C)C)cc2)c1. The van der Waals surface area contributed by atoms with Gasteiger partial charge in [-0.2, -0.15) is 0 Å². The van der Waals surface area contributed by atoms with Crippen LogP contribution in [0, 0.1) is 0 Å². The summed E-state index contributed by atoms with van der Waals surface area (Å²) >= 11 is 0. The van der Waals surface area contributed by atoms with E-state index >= 15 is 0 Å². The molecule has 0 aliphatic heterocycles. The van der Waals surface area contributed by atoms with E-state index in [0.717, 1.165) is 11.1 Å². The topological polar surface area (TPSA) is 77.5 Å². The van der Waals surface area contributed by atoms with Gasteiger partial charge in [0.1, 0.15) is 5.60 Å². The monoisotopic (exact) mass is 342 g/mol. The van der Waals surface area contributed by atoms with E-state index in [0.29, 0.717) is 17.9 Å². The number of carbonyl (C=O) groups excluding carboxylic acids is 2. The number of hydrogen-bond acceptors (Lipinski definition) is 5. The Morgan fingerprint density at radius 1 is 1.08 bits per heavy atom. The van der Waals surface area contributed by atoms with Crippen LogP contribution in [0.2, 0.25) is 0 Å². The van der Waals surface area contributed by atoms with Crippen LogP contribution in [0.1, 0.15) is 38.1 Å². The molecule has 0 spiro atoms. The van der Waals surface area contributed by atoms with E-state index in [-0.39, 0.29) is 0 Å². The minimum atomic E-state index is -0.552. The number of nitrogens with zero attached hydrogens (tertiary/aromatic N) is 1. The third-order valence-corrected chi connectivity index (χ3v) is 3.11. The summed E-state index contributed by atoms with van der Waals surface area (Å²) in [5.41, 5.74) is 2.12. The van der Waals surface area contributed by atoms with Gasteiger partial charge in [-0.3, -0.25) is 10.3 Å². The van der Waals surface area contributed by atoms with Crippen molar-refractivity contribution in [1.29, 1.82) is 0 Å². The molecule has 2 aromatic rings. The minimum Gasteiger partial charge on any atom is -0.462 e. The number of aromatic nitrogens is 1. The molecule has 0 radical (unpaired) electrons. The molecule has 1 aromatic heterocycles. The Balaban J connectivity index is 2.11. The molecule has 0 saturated heterocycles. The quantitative estimate of drug-likeness (QED) is 0.840. The van der Waals surface area contributed by atoms with Crippen LogP contribution < -0.4 is 5.32 Å². The highest BCUT2D eigenvalue weighted by Gasteiger charge is 2.16. The van der Waals surface area contributed by atoms with Crippen molar-refractivity contribution in [1.82, 2.24) is 4.98 Å². The molecule has 1 N–H and O–H groups in total. The summed E-state index contributed by atoms with van der Waals surface area (Å²) in [6.45, 7) is 7.48. The van der Waals surface area contributed by atoms with Crippen LogP contribution in [0.5, 0.6) is 0 Å². The van der Waals surface area contributed by atoms with Gasteiger partial charge in [0.05, 0.1) is 12.2 Å². The highest BCUT2D eigenvalue weighted by atomic mass is 16.6. The number of esters is 1. The standard InChI is InChI=1S/C19H22N2O4/c1-5-24-17(22)15-10-14(11-20-12-15)13-6-8-16(9-7-13)21-18(23)25-19(2,3)4/h6-12H,5H2,1-4H3,(H,21,23). The average molecular weight is 342 g/mol. The third-order valence-electron chi connectivity index (χ3n) is 3.11. The van der Waals surface area contributed by atoms with Crippen molar-refractivity contribution in [3.05, 3.63) is 48.3 Å². The van der Waals surface area contributed by atoms with Crippen molar-refractivity contribution < 1.29 is 19.1 Å². The van der Waals surface area contributed by atoms with E-state index in [1.54, 1.807) is 52.1 Å². The largest absolute Gasteiger partial charge is 0.462 e. The number of benzene rings is 1. The fourth-order valence-electron chi connectivity index (χ4n) is 2.09. The second-order valence-electron chi connectivity index (χ2n) is 6.39. The maximum absolute atomic E-state index is 11.8. The van der Waals surface area contributed by atoms with E-state index in [2.05, 4.69) is 10.3 Å². The van der Waals surface area contributed by atoms with E-state index in [1.165, 1.54) is 6.20 Å². The Morgan fingerprint density at radius 2 is 1.76 bits per heavy atom. The number of nitrogens with one attached hydrogen (secondary N) is 1. The molecule has 1 amide bonds. The summed E-state index contributed by atoms with van der Waals surface area (Å²) in [7, 11) is 0. The lowest BCUT2D eigenvalue weighted by Crippen LogP contribution is -2.27. The van der Waals surface area contributed by atoms with Crippen molar-refractivity contribution in [3.63, 3.8) is 0 Å². The lowest BCUT2D eigenvalue weighted by atomic mass is 10.1. The highest BCUT2D eigenvalue weighted by Crippen LogP contribution is 2.22. The summed E-state index contributed by atoms with van der Waals surface area (Å²) in [5, 5.41) is 2.67. The average Bonchev–Trinajstić information content (AvgIpc) is 2.54. The van der Waals surface area contributed by atoms with Gasteiger partial charge in [0.2, 0.25) is 0 Å². The summed E-state index contributed by atoms with van der Waals surface area (Å²) in [5.74, 6) is -0.403. The number of carbonyl (C=O) groups is 2. The third kappa shape index (κ3) is 5.60. The van der Waals surface area contributed by atoms with Gasteiger partial charge >= 0.3 is 12.1 Å². The Bertz CT molecular complexity index is 749. The predicted molar refractivity (Wildman–Crippen MR) is 95.5 cm³/mol. The molecule has 6 heteroatoms. The van der Waals surface area contributed by atoms with Gasteiger partial charge in [-0.1, -0.05) is 12.1 Å². The smallest absolute Gasteiger partial charge is 0.412 e. The summed E-state index contributed by atoms with van der Waals surface area (Å²) in [6, 6.07) is 8.91. The molecule has 132 valence electrons. The molecular weight excluding hydrogens is 320 g/mol. The molecule has 1 heterocycles. The number of rotatable bonds is 4. The first kappa shape index (κ1) is 18.4. The Morgan fingerprint density at radius 3 is 2.36 bits per heavy atom. The van der Waals surface area contributed by atoms with E-state index in [1.807, 2.05) is 12.1 Å². The maximum Gasteiger partial charge on any atom is 0.412 e. The van der Waals surface area contributed by atoms with Crippen LogP contribution in [-0.4, -0.2) is 29.3 Å². The van der Waals surface area contributed by atoms with Crippen LogP contribution in [0.3, 0.4) is 0 Å². The number of hydrogen-bond donors (Lipinski definition) is 1. The van der Waals surface area contributed by atoms with Gasteiger partial charge < -0.3 is 9.47 Å². The van der Waals surface area contributed by atoms with Crippen molar-refractivity contribution in [2.45, 2.75) is 33.3 Å². The van der Waals surface area contributed by atoms with Crippen LogP contribution in [0.4, 0.5) is 10.5 Å². The Labute approximate surface area is 147 Å². The zero-order chi connectivity index (χ0) is 18.4. The van der Waals surface area contributed by atoms with Crippen LogP contribution in [-0.2, 0) is 9.47 Å². The van der Waals surface area contributed by atoms with E-state index in [9.17, 15) is 9.59 Å². The molecule has 0 unspecified atom stereocenters. The van der Waals surface area contributed by atoms with Crippen LogP contribution in [0.25, 0.3) is 11.1 Å². The first-order valence-electron chi connectivity index (χ1n) is 8.01. The zero-order valence-corrected chi connectivity index (χ0v) is 14.8. The van der Waals surface area contributed by atoms with Crippen molar-refractivity contribution in [2.75, 3.05) is 11.9 Å². The van der Waals surface area contributed by atoms with Crippen molar-refractivity contribution in [2.24, 2.45) is 0 Å². The normalized spacial score (nSPS) is 10.9. The molecule has 0 atom stereocenters. The highest BCUT2D eigenvalue weighted by molar-refractivity contribution is 5.90. The van der Waals surface area contributed by atoms with E-state index < -0.39 is 17.7 Å². The van der Waals surface area contributed by atoms with Gasteiger partial charge in [-0.05, 0) is 51.5 Å². The first-order chi connectivity index (χ1) is 11.8. The summed E-state index contributed by atoms with van der Waals surface area (Å²) in [6.07, 6.45) is 2.63. The molecule has 0 saturated carbocycles. The molecular formula is C19H22N2O4. The summed E-state index contributed by atoms with van der Waals surface area (Å²) < 4.78 is 10.2. The van der Waals surface area contributed by atoms with Gasteiger partial charge in [-0.15, -0.1) is 0 Å². The second-order valence-corrected chi connectivity index (χ2v) is 6.39. The number of ether oxygens (including phenoxy) is 2. The fraction of sp³-hybridized carbons (Fsp3) is 0.316. The van der Waals surface area contributed by atoms with E-state index in [4.69, 9.17) is 9.47 Å². The van der Waals surface area contributed by atoms with Crippen molar-refractivity contribution >= 4 is 17.7 Å². The number of pyridine rings is 1. The summed E-state index contributed by atoms with van der Waals surface area (Å²) in [4.78, 5) is 27.6. The van der Waals surface area contributed by atoms with Crippen LogP contribution in [0.15, 0.2) is 42.7 Å². The van der Waals surface area contributed by atoms with Crippen LogP contribution >= 0.6 is 0 Å². The number of anilines is 1. The predicted octanol–water partition coefficient (Wildman–Crippen LogP) is 4.27. The minimum absolute atomic E-state index is 0.314. The van der Waals surface area contributed by atoms with Gasteiger partial charge in [0, 0.05) is 23.6 Å². The lowest BCUT2D eigenvalue weighted by molar-refractivity contribution is 0.0525. The molecule has 2 rings (SSSR count). The zero-order valence-electron chi connectivity index (χ0n) is 14.8. The molecule has 6 nitrogen and oxygen atoms in total. The molecule has 1 aromatic carbocycles. The van der Waals surface area contributed by atoms with Gasteiger partial charge in [0.25, 0.3) is 0 Å². The maximum atomic E-state index is 11.8. The molecule has 25 heavy (non-hydrogen) atoms. The molecule has 0 fully saturated rings. The lowest BCUT2D eigenvalue weighted by Gasteiger charge is -2.19. The molecule has 0 bridgehead atoms. The Hall–Kier alpha value is -2.89. The first-order valence-corrected chi connectivity index (χ1v) is 8.01. The van der Waals surface area contributed by atoms with Gasteiger partial charge in [0.15, 0.2) is 0 Å². The Kier molecular flexibility index (Phi) is 5.75. The molecule has 0 aliphatic carbocycles. The molecule has 0 aliphatic rings. The van der Waals surface area contributed by atoms with Crippen molar-refractivity contribution in [3.8, 4) is 11.1 Å². The van der Waals surface area contributed by atoms with Gasteiger partial charge in [-0.25, -0.2) is 9.59 Å². The number of amides is 1. The fourth-order valence-corrected chi connectivity index (χ4v) is 2.09. The second kappa shape index (κ2) is 7.79.